The van der Waals surface area contributed by atoms with Crippen molar-refractivity contribution in [2.45, 2.75) is 24.9 Å². The number of fused-ring (bicyclic) bond motifs is 4. The number of rotatable bonds is 3. The van der Waals surface area contributed by atoms with Crippen LogP contribution in [0.2, 0.25) is 0 Å². The molecule has 0 saturated heterocycles. The second-order valence-electron chi connectivity index (χ2n) is 7.90. The fourth-order valence-corrected chi connectivity index (χ4v) is 5.05. The largest absolute Gasteiger partial charge is 0.480 e. The normalized spacial score (nSPS) is 16.9. The molecule has 1 N–H and O–H groups in total. The summed E-state index contributed by atoms with van der Waals surface area (Å²) in [4.78, 5) is 26.2. The highest BCUT2D eigenvalue weighted by molar-refractivity contribution is 9.10. The zero-order chi connectivity index (χ0) is 21.5. The summed E-state index contributed by atoms with van der Waals surface area (Å²) in [6.45, 7) is 0.388. The summed E-state index contributed by atoms with van der Waals surface area (Å²) in [7, 11) is 0. The molecule has 1 amide bonds. The Labute approximate surface area is 188 Å². The van der Waals surface area contributed by atoms with Crippen molar-refractivity contribution >= 4 is 28.0 Å². The van der Waals surface area contributed by atoms with Crippen LogP contribution in [0.4, 0.5) is 4.79 Å². The van der Waals surface area contributed by atoms with Gasteiger partial charge in [-0.3, -0.25) is 4.90 Å². The van der Waals surface area contributed by atoms with Gasteiger partial charge in [0.05, 0.1) is 6.54 Å². The van der Waals surface area contributed by atoms with Gasteiger partial charge < -0.3 is 9.84 Å². The molecule has 5 nitrogen and oxygen atoms in total. The zero-order valence-electron chi connectivity index (χ0n) is 16.6. The van der Waals surface area contributed by atoms with E-state index in [1.165, 1.54) is 4.90 Å². The number of halogens is 1. The summed E-state index contributed by atoms with van der Waals surface area (Å²) in [6, 6.07) is 21.0. The smallest absolute Gasteiger partial charge is 0.410 e. The van der Waals surface area contributed by atoms with Crippen molar-refractivity contribution in [1.29, 1.82) is 0 Å². The van der Waals surface area contributed by atoms with Gasteiger partial charge in [-0.2, -0.15) is 0 Å². The van der Waals surface area contributed by atoms with E-state index in [-0.39, 0.29) is 25.5 Å². The summed E-state index contributed by atoms with van der Waals surface area (Å²) < 4.78 is 6.61. The van der Waals surface area contributed by atoms with Gasteiger partial charge in [-0.05, 0) is 45.5 Å². The zero-order valence-corrected chi connectivity index (χ0v) is 18.2. The number of aliphatic carboxylic acids is 1. The highest BCUT2D eigenvalue weighted by atomic mass is 79.9. The van der Waals surface area contributed by atoms with E-state index in [0.717, 1.165) is 37.9 Å². The van der Waals surface area contributed by atoms with Gasteiger partial charge in [0.2, 0.25) is 0 Å². The lowest BCUT2D eigenvalue weighted by Gasteiger charge is -2.34. The van der Waals surface area contributed by atoms with E-state index < -0.39 is 18.1 Å². The van der Waals surface area contributed by atoms with E-state index in [2.05, 4.69) is 40.2 Å². The number of nitrogens with zero attached hydrogens (tertiary/aromatic N) is 1. The van der Waals surface area contributed by atoms with Gasteiger partial charge in [0.25, 0.3) is 0 Å². The van der Waals surface area contributed by atoms with Crippen LogP contribution in [-0.4, -0.2) is 34.7 Å². The second kappa shape index (κ2) is 7.85. The second-order valence-corrected chi connectivity index (χ2v) is 8.82. The number of carboxylic acid groups (broad SMARTS) is 1. The predicted octanol–water partition coefficient (Wildman–Crippen LogP) is 5.21. The molecule has 0 fully saturated rings. The van der Waals surface area contributed by atoms with E-state index in [1.54, 1.807) is 0 Å². The summed E-state index contributed by atoms with van der Waals surface area (Å²) in [5.74, 6) is -1.09. The Kier molecular flexibility index (Phi) is 5.02. The van der Waals surface area contributed by atoms with Crippen molar-refractivity contribution in [2.75, 3.05) is 6.61 Å². The molecule has 6 heteroatoms. The number of hydrogen-bond donors (Lipinski definition) is 1. The van der Waals surface area contributed by atoms with Gasteiger partial charge in [0.15, 0.2) is 0 Å². The first kappa shape index (κ1) is 19.8. The molecule has 1 atom stereocenters. The van der Waals surface area contributed by atoms with Crippen LogP contribution in [0.15, 0.2) is 71.2 Å². The average molecular weight is 478 g/mol. The van der Waals surface area contributed by atoms with Gasteiger partial charge in [-0.1, -0.05) is 70.5 Å². The Balaban J connectivity index is 1.38. The number of amides is 1. The van der Waals surface area contributed by atoms with Gasteiger partial charge in [0.1, 0.15) is 12.6 Å². The van der Waals surface area contributed by atoms with E-state index >= 15 is 0 Å². The Bertz CT molecular complexity index is 1150. The monoisotopic (exact) mass is 477 g/mol. The van der Waals surface area contributed by atoms with Crippen molar-refractivity contribution in [3.05, 3.63) is 93.5 Å². The molecule has 2 aliphatic rings. The van der Waals surface area contributed by atoms with Crippen LogP contribution >= 0.6 is 15.9 Å². The predicted molar refractivity (Wildman–Crippen MR) is 120 cm³/mol. The van der Waals surface area contributed by atoms with Crippen LogP contribution in [0, 0.1) is 0 Å². The minimum Gasteiger partial charge on any atom is -0.480 e. The number of carboxylic acids is 1. The molecular weight excluding hydrogens is 458 g/mol. The van der Waals surface area contributed by atoms with E-state index in [9.17, 15) is 14.7 Å². The van der Waals surface area contributed by atoms with Crippen molar-refractivity contribution < 1.29 is 19.4 Å². The van der Waals surface area contributed by atoms with Crippen LogP contribution in [0.25, 0.3) is 11.1 Å². The lowest BCUT2D eigenvalue weighted by Crippen LogP contribution is -2.49. The molecule has 1 heterocycles. The molecule has 3 aromatic rings. The first-order valence-corrected chi connectivity index (χ1v) is 10.9. The number of benzene rings is 3. The molecule has 5 rings (SSSR count). The van der Waals surface area contributed by atoms with Crippen molar-refractivity contribution in [3.8, 4) is 11.1 Å². The lowest BCUT2D eigenvalue weighted by molar-refractivity contribution is -0.143. The summed E-state index contributed by atoms with van der Waals surface area (Å²) in [5, 5.41) is 9.73. The number of carbonyl (C=O) groups excluding carboxylic acids is 1. The molecule has 1 aliphatic heterocycles. The van der Waals surface area contributed by atoms with Crippen LogP contribution in [0.5, 0.6) is 0 Å². The maximum absolute atomic E-state index is 13.0. The maximum Gasteiger partial charge on any atom is 0.410 e. The highest BCUT2D eigenvalue weighted by Gasteiger charge is 2.37. The van der Waals surface area contributed by atoms with Crippen LogP contribution < -0.4 is 0 Å². The molecule has 3 aromatic carbocycles. The Morgan fingerprint density at radius 1 is 0.968 bits per heavy atom. The van der Waals surface area contributed by atoms with Crippen molar-refractivity contribution in [3.63, 3.8) is 0 Å². The number of ether oxygens (including phenoxy) is 1. The SMILES string of the molecule is O=C(O)[C@@H]1Cc2cc(Br)ccc2CN1C(=O)OCC1c2ccccc2-c2ccccc21. The van der Waals surface area contributed by atoms with Crippen LogP contribution in [-0.2, 0) is 22.5 Å². The molecule has 0 saturated carbocycles. The van der Waals surface area contributed by atoms with Crippen molar-refractivity contribution in [1.82, 2.24) is 4.90 Å². The van der Waals surface area contributed by atoms with E-state index in [0.29, 0.717) is 0 Å². The molecule has 31 heavy (non-hydrogen) atoms. The Morgan fingerprint density at radius 3 is 2.26 bits per heavy atom. The molecule has 0 unspecified atom stereocenters. The minimum absolute atomic E-state index is 0.0624. The Hall–Kier alpha value is -3.12. The molecule has 156 valence electrons. The third-order valence-corrected chi connectivity index (χ3v) is 6.65. The van der Waals surface area contributed by atoms with Crippen molar-refractivity contribution in [2.24, 2.45) is 0 Å². The average Bonchev–Trinajstić information content (AvgIpc) is 3.10. The van der Waals surface area contributed by atoms with Gasteiger partial charge in [0, 0.05) is 16.8 Å². The van der Waals surface area contributed by atoms with Crippen LogP contribution in [0.1, 0.15) is 28.2 Å². The van der Waals surface area contributed by atoms with Crippen LogP contribution in [0.3, 0.4) is 0 Å². The highest BCUT2D eigenvalue weighted by Crippen LogP contribution is 2.44. The first-order chi connectivity index (χ1) is 15.0. The topological polar surface area (TPSA) is 66.8 Å². The van der Waals surface area contributed by atoms with Gasteiger partial charge >= 0.3 is 12.1 Å². The van der Waals surface area contributed by atoms with Gasteiger partial charge in [-0.15, -0.1) is 0 Å². The summed E-state index contributed by atoms with van der Waals surface area (Å²) in [5.41, 5.74) is 6.43. The maximum atomic E-state index is 13.0. The summed E-state index contributed by atoms with van der Waals surface area (Å²) in [6.07, 6.45) is -0.336. The summed E-state index contributed by atoms with van der Waals surface area (Å²) >= 11 is 3.43. The third kappa shape index (κ3) is 3.51. The lowest BCUT2D eigenvalue weighted by atomic mass is 9.94. The third-order valence-electron chi connectivity index (χ3n) is 6.15. The number of carbonyl (C=O) groups is 2. The van der Waals surface area contributed by atoms with E-state index in [1.807, 2.05) is 42.5 Å². The molecule has 1 aliphatic carbocycles. The van der Waals surface area contributed by atoms with E-state index in [4.69, 9.17) is 4.74 Å². The molecule has 0 aromatic heterocycles. The molecular formula is C25H20BrNO4. The minimum atomic E-state index is -1.03. The molecule has 0 radical (unpaired) electrons. The fraction of sp³-hybridized carbons (Fsp3) is 0.200. The quantitative estimate of drug-likeness (QED) is 0.562. The molecule has 0 spiro atoms. The van der Waals surface area contributed by atoms with Gasteiger partial charge in [-0.25, -0.2) is 9.59 Å². The Morgan fingerprint density at radius 2 is 1.61 bits per heavy atom. The standard InChI is InChI=1S/C25H20BrNO4/c26-17-10-9-15-13-27(23(24(28)29)12-16(15)11-17)25(30)31-14-22-20-7-3-1-5-18(20)19-6-2-4-8-21(19)22/h1-11,22-23H,12-14H2,(H,28,29)/t23-/m0/s1. The molecule has 0 bridgehead atoms. The first-order valence-electron chi connectivity index (χ1n) is 10.1. The number of hydrogen-bond acceptors (Lipinski definition) is 3. The fourth-order valence-electron chi connectivity index (χ4n) is 4.64.